The highest BCUT2D eigenvalue weighted by atomic mass is 32.2. The lowest BCUT2D eigenvalue weighted by molar-refractivity contribution is -0.115. The lowest BCUT2D eigenvalue weighted by Gasteiger charge is -2.20. The van der Waals surface area contributed by atoms with Crippen LogP contribution in [0.3, 0.4) is 0 Å². The van der Waals surface area contributed by atoms with E-state index < -0.39 is 15.9 Å². The van der Waals surface area contributed by atoms with Crippen molar-refractivity contribution in [1.29, 1.82) is 0 Å². The molecule has 35 heavy (non-hydrogen) atoms. The normalized spacial score (nSPS) is 15.5. The fourth-order valence-corrected chi connectivity index (χ4v) is 5.22. The van der Waals surface area contributed by atoms with Crippen LogP contribution in [-0.2, 0) is 14.8 Å². The molecule has 1 aliphatic heterocycles. The third-order valence-corrected chi connectivity index (χ3v) is 7.41. The number of benzene rings is 2. The predicted octanol–water partition coefficient (Wildman–Crippen LogP) is -0.341. The monoisotopic (exact) mass is 498 g/mol. The lowest BCUT2D eigenvalue weighted by Crippen LogP contribution is -2.37. The largest absolute Gasteiger partial charge is 0.398 e. The van der Waals surface area contributed by atoms with Crippen molar-refractivity contribution in [2.45, 2.75) is 4.90 Å². The third-order valence-electron chi connectivity index (χ3n) is 5.93. The second-order valence-corrected chi connectivity index (χ2v) is 9.85. The van der Waals surface area contributed by atoms with Gasteiger partial charge in [0.2, 0.25) is 10.0 Å². The number of aliphatic hydroxyl groups excluding tert-OH is 2. The van der Waals surface area contributed by atoms with Gasteiger partial charge in [-0.2, -0.15) is 0 Å². The molecule has 0 radical (unpaired) electrons. The number of hydrogen-bond donors (Lipinski definition) is 5. The maximum Gasteiger partial charge on any atom is 0.258 e. The Morgan fingerprint density at radius 1 is 0.886 bits per heavy atom. The van der Waals surface area contributed by atoms with Crippen molar-refractivity contribution < 1.29 is 28.2 Å². The first kappa shape index (κ1) is 24.8. The number of ketones is 1. The summed E-state index contributed by atoms with van der Waals surface area (Å²) in [5.74, 6) is -0.809. The summed E-state index contributed by atoms with van der Waals surface area (Å²) in [5, 5.41) is 20.8. The first-order valence-corrected chi connectivity index (χ1v) is 12.5. The van der Waals surface area contributed by atoms with Crippen molar-refractivity contribution in [2.75, 3.05) is 39.4 Å². The molecule has 1 heterocycles. The Kier molecular flexibility index (Phi) is 7.15. The Hall–Kier alpha value is -3.35. The molecule has 0 saturated carbocycles. The van der Waals surface area contributed by atoms with Gasteiger partial charge in [0, 0.05) is 37.3 Å². The van der Waals surface area contributed by atoms with Crippen LogP contribution in [0.4, 0.5) is 0 Å². The van der Waals surface area contributed by atoms with E-state index in [0.29, 0.717) is 36.3 Å². The van der Waals surface area contributed by atoms with Gasteiger partial charge in [-0.25, -0.2) is 13.1 Å². The Balaban J connectivity index is 1.57. The number of nitrogens with zero attached hydrogens (tertiary/aromatic N) is 1. The molecule has 0 atom stereocenters. The average molecular weight is 499 g/mol. The van der Waals surface area contributed by atoms with Crippen molar-refractivity contribution in [1.82, 2.24) is 14.9 Å². The summed E-state index contributed by atoms with van der Waals surface area (Å²) in [6.45, 7) is 0.866. The molecule has 4 rings (SSSR count). The summed E-state index contributed by atoms with van der Waals surface area (Å²) in [5.41, 5.74) is 8.41. The Bertz CT molecular complexity index is 1330. The van der Waals surface area contributed by atoms with Gasteiger partial charge in [-0.1, -0.05) is 36.4 Å². The van der Waals surface area contributed by atoms with E-state index in [4.69, 9.17) is 15.9 Å². The van der Waals surface area contributed by atoms with E-state index in [1.807, 2.05) is 0 Å². The van der Waals surface area contributed by atoms with Crippen molar-refractivity contribution >= 4 is 33.1 Å². The molecule has 0 unspecified atom stereocenters. The molecule has 6 N–H and O–H groups in total. The third kappa shape index (κ3) is 4.77. The molecule has 0 fully saturated rings. The number of amides is 1. The second-order valence-electron chi connectivity index (χ2n) is 8.08. The van der Waals surface area contributed by atoms with Crippen LogP contribution in [-0.4, -0.2) is 74.6 Å². The van der Waals surface area contributed by atoms with Crippen LogP contribution in [0.5, 0.6) is 0 Å². The summed E-state index contributed by atoms with van der Waals surface area (Å²) in [6, 6.07) is 12.6. The molecule has 2 aliphatic rings. The van der Waals surface area contributed by atoms with E-state index in [0.717, 1.165) is 0 Å². The molecule has 0 bridgehead atoms. The molecule has 184 valence electrons. The molecule has 1 amide bonds. The van der Waals surface area contributed by atoms with Gasteiger partial charge in [-0.3, -0.25) is 14.5 Å². The zero-order valence-electron chi connectivity index (χ0n) is 18.8. The van der Waals surface area contributed by atoms with Gasteiger partial charge in [0.1, 0.15) is 0 Å². The Morgan fingerprint density at radius 3 is 2.14 bits per heavy atom. The molecular formula is C24H26N4O6S. The van der Waals surface area contributed by atoms with Crippen LogP contribution in [0, 0.1) is 0 Å². The number of fused-ring (bicyclic) bond motifs is 2. The highest BCUT2D eigenvalue weighted by Gasteiger charge is 2.39. The summed E-state index contributed by atoms with van der Waals surface area (Å²) in [4.78, 5) is 27.6. The zero-order chi connectivity index (χ0) is 25.2. The Morgan fingerprint density at radius 2 is 1.51 bits per heavy atom. The van der Waals surface area contributed by atoms with E-state index >= 15 is 0 Å². The first-order chi connectivity index (χ1) is 16.8. The van der Waals surface area contributed by atoms with E-state index in [2.05, 4.69) is 10.0 Å². The van der Waals surface area contributed by atoms with Gasteiger partial charge in [0.15, 0.2) is 5.78 Å². The van der Waals surface area contributed by atoms with Gasteiger partial charge in [-0.05, 0) is 17.7 Å². The van der Waals surface area contributed by atoms with Crippen LogP contribution in [0.1, 0.15) is 21.5 Å². The summed E-state index contributed by atoms with van der Waals surface area (Å²) in [7, 11) is -3.82. The lowest BCUT2D eigenvalue weighted by atomic mass is 9.84. The van der Waals surface area contributed by atoms with Crippen LogP contribution in [0.15, 0.2) is 64.6 Å². The highest BCUT2D eigenvalue weighted by molar-refractivity contribution is 7.89. The van der Waals surface area contributed by atoms with Gasteiger partial charge in [-0.15, -0.1) is 0 Å². The zero-order valence-corrected chi connectivity index (χ0v) is 19.6. The average Bonchev–Trinajstić information content (AvgIpc) is 3.20. The van der Waals surface area contributed by atoms with Gasteiger partial charge < -0.3 is 21.3 Å². The smallest absolute Gasteiger partial charge is 0.258 e. The maximum absolute atomic E-state index is 13.2. The van der Waals surface area contributed by atoms with Crippen LogP contribution >= 0.6 is 0 Å². The van der Waals surface area contributed by atoms with E-state index in [9.17, 15) is 18.0 Å². The SMILES string of the molecule is NC1=C2C(=O)NC(c3ccc(S(=O)(=O)NCCN(CCO)CCO)cc3)=C2C(=O)c2ccccc21. The molecule has 2 aromatic carbocycles. The summed E-state index contributed by atoms with van der Waals surface area (Å²) in [6.07, 6.45) is 0. The van der Waals surface area contributed by atoms with Gasteiger partial charge in [0.05, 0.1) is 40.6 Å². The van der Waals surface area contributed by atoms with Crippen LogP contribution < -0.4 is 15.8 Å². The Labute approximate surface area is 202 Å². The fourth-order valence-electron chi connectivity index (χ4n) is 4.20. The van der Waals surface area contributed by atoms with Crippen LogP contribution in [0.2, 0.25) is 0 Å². The molecule has 1 aliphatic carbocycles. The molecule has 2 aromatic rings. The number of carbonyl (C=O) groups excluding carboxylic acids is 2. The molecule has 11 heteroatoms. The molecule has 0 spiro atoms. The minimum Gasteiger partial charge on any atom is -0.398 e. The van der Waals surface area contributed by atoms with E-state index in [1.54, 1.807) is 29.2 Å². The van der Waals surface area contributed by atoms with Crippen molar-refractivity contribution in [3.63, 3.8) is 0 Å². The first-order valence-electron chi connectivity index (χ1n) is 11.0. The molecular weight excluding hydrogens is 472 g/mol. The van der Waals surface area contributed by atoms with E-state index in [-0.39, 0.29) is 53.0 Å². The standard InChI is InChI=1S/C24H26N4O6S/c25-21-17-3-1-2-4-18(17)23(31)20-19(21)24(32)27-22(20)15-5-7-16(8-6-15)35(33,34)26-9-10-28(11-13-29)12-14-30/h1-8,26,29-30H,9-14,25H2,(H,27,32). The van der Waals surface area contributed by atoms with Crippen molar-refractivity contribution in [3.8, 4) is 0 Å². The number of Topliss-reactive ketones (excluding diaryl/α,β-unsaturated/α-hetero) is 1. The summed E-state index contributed by atoms with van der Waals surface area (Å²) < 4.78 is 27.9. The topological polar surface area (TPSA) is 162 Å². The minimum atomic E-state index is -3.82. The van der Waals surface area contributed by atoms with Gasteiger partial charge >= 0.3 is 0 Å². The van der Waals surface area contributed by atoms with Crippen molar-refractivity contribution in [2.24, 2.45) is 5.73 Å². The quantitative estimate of drug-likeness (QED) is 0.297. The molecule has 0 saturated heterocycles. The minimum absolute atomic E-state index is 0.0163. The fraction of sp³-hybridized carbons (Fsp3) is 0.250. The summed E-state index contributed by atoms with van der Waals surface area (Å²) >= 11 is 0. The second kappa shape index (κ2) is 10.1. The number of nitrogens with two attached hydrogens (primary N) is 1. The van der Waals surface area contributed by atoms with Gasteiger partial charge in [0.25, 0.3) is 5.91 Å². The number of carbonyl (C=O) groups is 2. The van der Waals surface area contributed by atoms with Crippen LogP contribution in [0.25, 0.3) is 11.4 Å². The maximum atomic E-state index is 13.2. The number of rotatable bonds is 10. The number of aliphatic hydroxyl groups is 2. The predicted molar refractivity (Wildman–Crippen MR) is 129 cm³/mol. The van der Waals surface area contributed by atoms with E-state index in [1.165, 1.54) is 24.3 Å². The number of nitrogens with one attached hydrogen (secondary N) is 2. The molecule has 10 nitrogen and oxygen atoms in total. The van der Waals surface area contributed by atoms with Crippen molar-refractivity contribution in [3.05, 3.63) is 76.4 Å². The number of hydrogen-bond acceptors (Lipinski definition) is 8. The number of sulfonamides is 1. The highest BCUT2D eigenvalue weighted by Crippen LogP contribution is 2.39. The molecule has 0 aromatic heterocycles.